The third kappa shape index (κ3) is 2.47. The second-order valence-electron chi connectivity index (χ2n) is 4.21. The fourth-order valence-corrected chi connectivity index (χ4v) is 5.70. The van der Waals surface area contributed by atoms with Crippen molar-refractivity contribution < 1.29 is 8.42 Å². The smallest absolute Gasteiger partial charge is 0.248 e. The van der Waals surface area contributed by atoms with Gasteiger partial charge in [-0.05, 0) is 40.2 Å². The lowest BCUT2D eigenvalue weighted by atomic mass is 10.1. The predicted octanol–water partition coefficient (Wildman–Crippen LogP) is 1.92. The monoisotopic (exact) mass is 362 g/mol. The highest BCUT2D eigenvalue weighted by Crippen LogP contribution is 2.30. The fourth-order valence-electron chi connectivity index (χ4n) is 2.11. The fraction of sp³-hybridized carbons (Fsp3) is 0.400. The van der Waals surface area contributed by atoms with Crippen LogP contribution in [0, 0.1) is 0 Å². The molecule has 2 aromatic rings. The minimum Gasteiger partial charge on any atom is -0.248 e. The number of thiophene rings is 1. The zero-order valence-electron chi connectivity index (χ0n) is 9.78. The van der Waals surface area contributed by atoms with Gasteiger partial charge in [0.2, 0.25) is 0 Å². The van der Waals surface area contributed by atoms with Crippen molar-refractivity contribution in [2.45, 2.75) is 29.6 Å². The largest absolute Gasteiger partial charge is 0.251 e. The molecule has 9 heteroatoms. The van der Waals surface area contributed by atoms with E-state index in [2.05, 4.69) is 30.7 Å². The summed E-state index contributed by atoms with van der Waals surface area (Å²) in [6.45, 7) is 0.788. The molecule has 1 aliphatic heterocycles. The van der Waals surface area contributed by atoms with Gasteiger partial charge in [0.05, 0.1) is 6.04 Å². The van der Waals surface area contributed by atoms with Gasteiger partial charge in [0.15, 0.2) is 0 Å². The molecule has 0 saturated heterocycles. The summed E-state index contributed by atoms with van der Waals surface area (Å²) in [6, 6.07) is 1.41. The van der Waals surface area contributed by atoms with E-state index in [0.29, 0.717) is 14.5 Å². The van der Waals surface area contributed by atoms with Crippen LogP contribution < -0.4 is 4.72 Å². The van der Waals surface area contributed by atoms with Crippen molar-refractivity contribution in [2.24, 2.45) is 0 Å². The number of rotatable bonds is 3. The maximum Gasteiger partial charge on any atom is 0.251 e. The molecule has 1 N–H and O–H groups in total. The first kappa shape index (κ1) is 13.2. The Balaban J connectivity index is 1.90. The maximum atomic E-state index is 12.3. The standard InChI is InChI=1S/C10H11BrN4O2S2/c11-7-3-5-18-10(7)19(16,17)14-8-2-1-4-15-9(8)12-6-13-15/h3,5-6,8,14H,1-2,4H2/t8-/m0/s1. The first-order valence-electron chi connectivity index (χ1n) is 5.71. The number of hydrogen-bond donors (Lipinski definition) is 1. The van der Waals surface area contributed by atoms with Crippen LogP contribution in [0.5, 0.6) is 0 Å². The minimum absolute atomic E-state index is 0.295. The summed E-state index contributed by atoms with van der Waals surface area (Å²) in [4.78, 5) is 4.14. The van der Waals surface area contributed by atoms with Gasteiger partial charge in [-0.15, -0.1) is 11.3 Å². The van der Waals surface area contributed by atoms with Gasteiger partial charge in [-0.1, -0.05) is 0 Å². The second kappa shape index (κ2) is 4.97. The van der Waals surface area contributed by atoms with E-state index in [4.69, 9.17) is 0 Å². The Morgan fingerprint density at radius 1 is 1.53 bits per heavy atom. The van der Waals surface area contributed by atoms with Crippen LogP contribution in [0.4, 0.5) is 0 Å². The Labute approximate surface area is 123 Å². The minimum atomic E-state index is -3.53. The summed E-state index contributed by atoms with van der Waals surface area (Å²) in [5.74, 6) is 0.683. The third-order valence-corrected chi connectivity index (χ3v) is 7.09. The molecule has 0 bridgehead atoms. The van der Waals surface area contributed by atoms with Gasteiger partial charge >= 0.3 is 0 Å². The van der Waals surface area contributed by atoms with E-state index in [0.717, 1.165) is 19.4 Å². The van der Waals surface area contributed by atoms with E-state index in [1.54, 1.807) is 16.1 Å². The van der Waals surface area contributed by atoms with Gasteiger partial charge < -0.3 is 0 Å². The van der Waals surface area contributed by atoms with Crippen molar-refractivity contribution in [1.82, 2.24) is 19.5 Å². The molecule has 0 fully saturated rings. The summed E-state index contributed by atoms with van der Waals surface area (Å²) in [6.07, 6.45) is 3.08. The number of sulfonamides is 1. The Hall–Kier alpha value is -0.770. The number of aryl methyl sites for hydroxylation is 1. The average molecular weight is 363 g/mol. The van der Waals surface area contributed by atoms with E-state index in [-0.39, 0.29) is 6.04 Å². The lowest BCUT2D eigenvalue weighted by Crippen LogP contribution is -2.33. The van der Waals surface area contributed by atoms with Crippen LogP contribution in [0.3, 0.4) is 0 Å². The lowest BCUT2D eigenvalue weighted by molar-refractivity contribution is 0.400. The highest BCUT2D eigenvalue weighted by atomic mass is 79.9. The number of hydrogen-bond acceptors (Lipinski definition) is 5. The van der Waals surface area contributed by atoms with Crippen molar-refractivity contribution in [2.75, 3.05) is 0 Å². The molecule has 0 amide bonds. The lowest BCUT2D eigenvalue weighted by Gasteiger charge is -2.22. The molecule has 6 nitrogen and oxygen atoms in total. The normalized spacial score (nSPS) is 19.3. The first-order chi connectivity index (χ1) is 9.08. The van der Waals surface area contributed by atoms with Gasteiger partial charge in [0.1, 0.15) is 16.4 Å². The molecule has 19 heavy (non-hydrogen) atoms. The van der Waals surface area contributed by atoms with Crippen LogP contribution in [0.15, 0.2) is 26.5 Å². The van der Waals surface area contributed by atoms with E-state index in [9.17, 15) is 8.42 Å². The maximum absolute atomic E-state index is 12.3. The van der Waals surface area contributed by atoms with Gasteiger partial charge in [0, 0.05) is 11.0 Å². The molecule has 0 aliphatic carbocycles. The topological polar surface area (TPSA) is 76.9 Å². The number of halogens is 1. The molecule has 1 atom stereocenters. The summed E-state index contributed by atoms with van der Waals surface area (Å²) >= 11 is 4.44. The number of nitrogens with zero attached hydrogens (tertiary/aromatic N) is 3. The van der Waals surface area contributed by atoms with Crippen LogP contribution in [0.25, 0.3) is 0 Å². The Kier molecular flexibility index (Phi) is 3.46. The molecule has 102 valence electrons. The SMILES string of the molecule is O=S(=O)(N[C@H]1CCCn2ncnc21)c1sccc1Br. The third-order valence-electron chi connectivity index (χ3n) is 2.95. The Morgan fingerprint density at radius 2 is 2.37 bits per heavy atom. The molecule has 0 aromatic carbocycles. The number of nitrogens with one attached hydrogen (secondary N) is 1. The molecule has 3 rings (SSSR count). The van der Waals surface area contributed by atoms with Crippen molar-refractivity contribution in [3.8, 4) is 0 Å². The van der Waals surface area contributed by atoms with Crippen molar-refractivity contribution in [3.05, 3.63) is 28.1 Å². The number of fused-ring (bicyclic) bond motifs is 1. The average Bonchev–Trinajstić information content (AvgIpc) is 2.97. The van der Waals surface area contributed by atoms with E-state index < -0.39 is 10.0 Å². The van der Waals surface area contributed by atoms with Crippen molar-refractivity contribution >= 4 is 37.3 Å². The summed E-state index contributed by atoms with van der Waals surface area (Å²) in [5.41, 5.74) is 0. The van der Waals surface area contributed by atoms with Crippen LogP contribution in [0.2, 0.25) is 0 Å². The van der Waals surface area contributed by atoms with Gasteiger partial charge in [0.25, 0.3) is 10.0 Å². The molecule has 0 saturated carbocycles. The van der Waals surface area contributed by atoms with Crippen LogP contribution >= 0.6 is 27.3 Å². The Bertz CT molecular complexity index is 694. The zero-order chi connectivity index (χ0) is 13.5. The van der Waals surface area contributed by atoms with Gasteiger partial charge in [-0.3, -0.25) is 0 Å². The predicted molar refractivity (Wildman–Crippen MR) is 74.3 cm³/mol. The van der Waals surface area contributed by atoms with Gasteiger partial charge in [-0.25, -0.2) is 18.1 Å². The molecule has 0 radical (unpaired) electrons. The van der Waals surface area contributed by atoms with E-state index in [1.165, 1.54) is 17.7 Å². The van der Waals surface area contributed by atoms with Crippen LogP contribution in [-0.2, 0) is 16.6 Å². The van der Waals surface area contributed by atoms with Crippen molar-refractivity contribution in [1.29, 1.82) is 0 Å². The quantitative estimate of drug-likeness (QED) is 0.904. The second-order valence-corrected chi connectivity index (χ2v) is 7.89. The van der Waals surface area contributed by atoms with Crippen molar-refractivity contribution in [3.63, 3.8) is 0 Å². The molecule has 0 spiro atoms. The highest BCUT2D eigenvalue weighted by molar-refractivity contribution is 9.10. The highest BCUT2D eigenvalue weighted by Gasteiger charge is 2.29. The van der Waals surface area contributed by atoms with Gasteiger partial charge in [-0.2, -0.15) is 9.82 Å². The molecule has 1 aliphatic rings. The molecule has 2 aromatic heterocycles. The van der Waals surface area contributed by atoms with Crippen LogP contribution in [-0.4, -0.2) is 23.2 Å². The number of aromatic nitrogens is 3. The summed E-state index contributed by atoms with van der Waals surface area (Å²) in [7, 11) is -3.53. The molecular weight excluding hydrogens is 352 g/mol. The van der Waals surface area contributed by atoms with E-state index >= 15 is 0 Å². The molecule has 3 heterocycles. The van der Waals surface area contributed by atoms with E-state index in [1.807, 2.05) is 0 Å². The molecule has 0 unspecified atom stereocenters. The Morgan fingerprint density at radius 3 is 3.11 bits per heavy atom. The zero-order valence-corrected chi connectivity index (χ0v) is 13.0. The first-order valence-corrected chi connectivity index (χ1v) is 8.86. The van der Waals surface area contributed by atoms with Crippen LogP contribution in [0.1, 0.15) is 24.7 Å². The molecular formula is C10H11BrN4O2S2. The summed E-state index contributed by atoms with van der Waals surface area (Å²) < 4.78 is 30.0. The summed E-state index contributed by atoms with van der Waals surface area (Å²) in [5, 5.41) is 5.82.